The highest BCUT2D eigenvalue weighted by atomic mass is 16.2. The number of nitrogens with one attached hydrogen (secondary N) is 1. The van der Waals surface area contributed by atoms with Crippen LogP contribution < -0.4 is 15.1 Å². The van der Waals surface area contributed by atoms with Crippen LogP contribution in [0.2, 0.25) is 0 Å². The lowest BCUT2D eigenvalue weighted by molar-refractivity contribution is -0.142. The van der Waals surface area contributed by atoms with Crippen molar-refractivity contribution in [2.45, 2.75) is 52.6 Å². The molecular weight excluding hydrogens is 498 g/mol. The third-order valence-corrected chi connectivity index (χ3v) is 8.01. The second-order valence-electron chi connectivity index (χ2n) is 11.2. The second kappa shape index (κ2) is 11.2. The van der Waals surface area contributed by atoms with E-state index in [0.29, 0.717) is 12.1 Å². The van der Waals surface area contributed by atoms with Gasteiger partial charge >= 0.3 is 0 Å². The molecule has 0 aliphatic carbocycles. The molecule has 0 spiro atoms. The molecule has 1 fully saturated rings. The van der Waals surface area contributed by atoms with Crippen molar-refractivity contribution in [3.63, 3.8) is 0 Å². The van der Waals surface area contributed by atoms with Gasteiger partial charge in [-0.05, 0) is 82.1 Å². The Morgan fingerprint density at radius 2 is 1.52 bits per heavy atom. The van der Waals surface area contributed by atoms with Crippen molar-refractivity contribution < 1.29 is 9.59 Å². The molecular formula is C33H39N5O2. The summed E-state index contributed by atoms with van der Waals surface area (Å²) < 4.78 is 0. The van der Waals surface area contributed by atoms with Crippen LogP contribution in [0.1, 0.15) is 44.0 Å². The Labute approximate surface area is 237 Å². The van der Waals surface area contributed by atoms with E-state index < -0.39 is 17.2 Å². The molecule has 1 atom stereocenters. The highest BCUT2D eigenvalue weighted by Gasteiger charge is 2.51. The zero-order valence-electron chi connectivity index (χ0n) is 24.1. The van der Waals surface area contributed by atoms with Crippen molar-refractivity contribution in [2.24, 2.45) is 0 Å². The Morgan fingerprint density at radius 3 is 2.15 bits per heavy atom. The summed E-state index contributed by atoms with van der Waals surface area (Å²) in [5.74, 6) is -0.00236. The van der Waals surface area contributed by atoms with Gasteiger partial charge in [0.05, 0.1) is 0 Å². The SMILES string of the molecule is CC1=CCC(C(=O)C(=O)Nc2ccc(N3CCN(c4cc(C)cc(C)n4)CC3)cc2)(c2ccccc2)N1C(C)C. The van der Waals surface area contributed by atoms with E-state index in [4.69, 9.17) is 4.98 Å². The third-order valence-electron chi connectivity index (χ3n) is 8.01. The molecule has 2 aromatic carbocycles. The molecule has 3 heterocycles. The van der Waals surface area contributed by atoms with E-state index in [-0.39, 0.29) is 6.04 Å². The van der Waals surface area contributed by atoms with Gasteiger partial charge in [0.2, 0.25) is 0 Å². The van der Waals surface area contributed by atoms with Gasteiger partial charge in [-0.3, -0.25) is 9.59 Å². The number of hydrogen-bond acceptors (Lipinski definition) is 6. The average molecular weight is 538 g/mol. The Bertz CT molecular complexity index is 1390. The molecule has 2 aliphatic rings. The first kappa shape index (κ1) is 27.4. The van der Waals surface area contributed by atoms with Gasteiger partial charge in [0, 0.05) is 61.4 Å². The number of aromatic nitrogens is 1. The van der Waals surface area contributed by atoms with Gasteiger partial charge in [-0.2, -0.15) is 0 Å². The number of carbonyl (C=O) groups is 2. The van der Waals surface area contributed by atoms with Gasteiger partial charge < -0.3 is 20.0 Å². The van der Waals surface area contributed by atoms with Crippen LogP contribution in [0.25, 0.3) is 0 Å². The van der Waals surface area contributed by atoms with E-state index in [1.807, 2.05) is 68.4 Å². The molecule has 0 bridgehead atoms. The third kappa shape index (κ3) is 5.20. The van der Waals surface area contributed by atoms with E-state index in [1.54, 1.807) is 0 Å². The Hall–Kier alpha value is -4.13. The van der Waals surface area contributed by atoms with Crippen LogP contribution in [0.5, 0.6) is 0 Å². The maximum atomic E-state index is 13.9. The lowest BCUT2D eigenvalue weighted by Gasteiger charge is -2.42. The van der Waals surface area contributed by atoms with Crippen LogP contribution in [0.15, 0.2) is 78.5 Å². The maximum absolute atomic E-state index is 13.9. The van der Waals surface area contributed by atoms with E-state index >= 15 is 0 Å². The fourth-order valence-electron chi connectivity index (χ4n) is 6.25. The quantitative estimate of drug-likeness (QED) is 0.405. The van der Waals surface area contributed by atoms with Crippen molar-refractivity contribution in [3.8, 4) is 0 Å². The van der Waals surface area contributed by atoms with Gasteiger partial charge in [0.15, 0.2) is 0 Å². The molecule has 7 nitrogen and oxygen atoms in total. The second-order valence-corrected chi connectivity index (χ2v) is 11.2. The molecule has 3 aromatic rings. The lowest BCUT2D eigenvalue weighted by atomic mass is 9.81. The Balaban J connectivity index is 1.27. The first-order chi connectivity index (χ1) is 19.2. The smallest absolute Gasteiger partial charge is 0.294 e. The van der Waals surface area contributed by atoms with Crippen molar-refractivity contribution in [1.82, 2.24) is 9.88 Å². The summed E-state index contributed by atoms with van der Waals surface area (Å²) in [6, 6.07) is 21.7. The molecule has 1 aromatic heterocycles. The topological polar surface area (TPSA) is 68.8 Å². The molecule has 0 saturated carbocycles. The number of amides is 1. The number of benzene rings is 2. The molecule has 2 aliphatic heterocycles. The summed E-state index contributed by atoms with van der Waals surface area (Å²) in [6.45, 7) is 13.8. The van der Waals surface area contributed by atoms with Crippen LogP contribution in [-0.4, -0.2) is 53.8 Å². The van der Waals surface area contributed by atoms with Crippen LogP contribution >= 0.6 is 0 Å². The summed E-state index contributed by atoms with van der Waals surface area (Å²) in [5, 5.41) is 2.88. The summed E-state index contributed by atoms with van der Waals surface area (Å²) >= 11 is 0. The first-order valence-electron chi connectivity index (χ1n) is 14.1. The van der Waals surface area contributed by atoms with Gasteiger partial charge in [0.25, 0.3) is 11.7 Å². The van der Waals surface area contributed by atoms with E-state index in [0.717, 1.165) is 54.6 Å². The molecule has 7 heteroatoms. The lowest BCUT2D eigenvalue weighted by Crippen LogP contribution is -2.54. The Morgan fingerprint density at radius 1 is 0.875 bits per heavy atom. The van der Waals surface area contributed by atoms with Crippen LogP contribution in [-0.2, 0) is 15.1 Å². The van der Waals surface area contributed by atoms with E-state index in [1.165, 1.54) is 5.56 Å². The number of anilines is 3. The minimum atomic E-state index is -1.05. The summed E-state index contributed by atoms with van der Waals surface area (Å²) in [5.41, 5.74) is 4.78. The highest BCUT2D eigenvalue weighted by Crippen LogP contribution is 2.43. The molecule has 208 valence electrons. The zero-order valence-corrected chi connectivity index (χ0v) is 24.1. The fourth-order valence-corrected chi connectivity index (χ4v) is 6.25. The fraction of sp³-hybridized carbons (Fsp3) is 0.364. The average Bonchev–Trinajstić information content (AvgIpc) is 3.31. The number of piperazine rings is 1. The number of carbonyl (C=O) groups excluding carboxylic acids is 2. The largest absolute Gasteiger partial charge is 0.368 e. The Kier molecular flexibility index (Phi) is 7.66. The number of pyridine rings is 1. The van der Waals surface area contributed by atoms with Crippen LogP contribution in [0, 0.1) is 13.8 Å². The molecule has 40 heavy (non-hydrogen) atoms. The molecule has 1 amide bonds. The molecule has 1 unspecified atom stereocenters. The predicted octanol–water partition coefficient (Wildman–Crippen LogP) is 5.45. The minimum Gasteiger partial charge on any atom is -0.368 e. The molecule has 0 radical (unpaired) electrons. The summed E-state index contributed by atoms with van der Waals surface area (Å²) in [7, 11) is 0. The first-order valence-corrected chi connectivity index (χ1v) is 14.1. The number of rotatable bonds is 7. The van der Waals surface area contributed by atoms with Gasteiger partial charge in [-0.25, -0.2) is 4.98 Å². The van der Waals surface area contributed by atoms with Crippen molar-refractivity contribution in [1.29, 1.82) is 0 Å². The standard InChI is InChI=1S/C33H39N5O2/c1-23(2)38-26(5)15-16-33(38,27-9-7-6-8-10-27)31(39)32(40)35-28-11-13-29(14-12-28)36-17-19-37(20-18-36)30-22-24(3)21-25(4)34-30/h6-15,21-23H,16-20H2,1-5H3,(H,35,40). The van der Waals surface area contributed by atoms with Crippen LogP contribution in [0.4, 0.5) is 17.2 Å². The van der Waals surface area contributed by atoms with Crippen LogP contribution in [0.3, 0.4) is 0 Å². The summed E-state index contributed by atoms with van der Waals surface area (Å²) in [6.07, 6.45) is 2.53. The normalized spacial score (nSPS) is 19.1. The highest BCUT2D eigenvalue weighted by molar-refractivity contribution is 6.43. The number of allylic oxidation sites excluding steroid dienone is 1. The number of hydrogen-bond donors (Lipinski definition) is 1. The molecule has 1 saturated heterocycles. The van der Waals surface area contributed by atoms with E-state index in [2.05, 4.69) is 59.0 Å². The number of Topliss-reactive ketones (excluding diaryl/α,β-unsaturated/α-hetero) is 1. The predicted molar refractivity (Wildman–Crippen MR) is 162 cm³/mol. The number of ketones is 1. The van der Waals surface area contributed by atoms with E-state index in [9.17, 15) is 9.59 Å². The monoisotopic (exact) mass is 537 g/mol. The molecule has 1 N–H and O–H groups in total. The van der Waals surface area contributed by atoms with Crippen molar-refractivity contribution in [3.05, 3.63) is 95.3 Å². The van der Waals surface area contributed by atoms with Gasteiger partial charge in [0.1, 0.15) is 11.4 Å². The van der Waals surface area contributed by atoms with Crippen molar-refractivity contribution in [2.75, 3.05) is 41.3 Å². The van der Waals surface area contributed by atoms with Crippen molar-refractivity contribution >= 4 is 28.9 Å². The zero-order chi connectivity index (χ0) is 28.4. The van der Waals surface area contributed by atoms with Gasteiger partial charge in [-0.15, -0.1) is 0 Å². The summed E-state index contributed by atoms with van der Waals surface area (Å²) in [4.78, 5) is 38.8. The number of nitrogens with zero attached hydrogens (tertiary/aromatic N) is 4. The minimum absolute atomic E-state index is 0.0566. The molecule has 5 rings (SSSR count). The maximum Gasteiger partial charge on any atom is 0.294 e. The number of aryl methyl sites for hydroxylation is 2. The van der Waals surface area contributed by atoms with Gasteiger partial charge in [-0.1, -0.05) is 36.4 Å².